The number of rotatable bonds is 4. The van der Waals surface area contributed by atoms with Crippen molar-refractivity contribution in [1.29, 1.82) is 0 Å². The number of amides is 3. The Morgan fingerprint density at radius 2 is 1.65 bits per heavy atom. The Morgan fingerprint density at radius 3 is 2.29 bits per heavy atom. The second kappa shape index (κ2) is 8.55. The first-order chi connectivity index (χ1) is 14.9. The van der Waals surface area contributed by atoms with Crippen molar-refractivity contribution in [2.45, 2.75) is 33.1 Å². The van der Waals surface area contributed by atoms with E-state index in [1.165, 1.54) is 11.8 Å². The van der Waals surface area contributed by atoms with Crippen LogP contribution in [0.4, 0.5) is 11.4 Å². The number of piperidine rings is 1. The van der Waals surface area contributed by atoms with Crippen molar-refractivity contribution in [3.63, 3.8) is 0 Å². The largest absolute Gasteiger partial charge is 0.366 e. The van der Waals surface area contributed by atoms with Crippen LogP contribution in [0.15, 0.2) is 48.2 Å². The lowest BCUT2D eigenvalue weighted by atomic mass is 10.0. The van der Waals surface area contributed by atoms with E-state index in [0.717, 1.165) is 32.4 Å². The lowest BCUT2D eigenvalue weighted by molar-refractivity contribution is -0.121. The molecule has 0 radical (unpaired) electrons. The molecule has 1 saturated heterocycles. The van der Waals surface area contributed by atoms with Gasteiger partial charge < -0.3 is 10.2 Å². The number of nitrogens with one attached hydrogen (secondary N) is 1. The van der Waals surface area contributed by atoms with E-state index < -0.39 is 0 Å². The van der Waals surface area contributed by atoms with Gasteiger partial charge >= 0.3 is 0 Å². The third kappa shape index (κ3) is 3.95. The second-order valence-electron chi connectivity index (χ2n) is 7.86. The first kappa shape index (κ1) is 21.1. The first-order valence-corrected chi connectivity index (χ1v) is 10.8. The average Bonchev–Trinajstić information content (AvgIpc) is 3.01. The van der Waals surface area contributed by atoms with E-state index in [4.69, 9.17) is 11.6 Å². The van der Waals surface area contributed by atoms with Gasteiger partial charge in [0.25, 0.3) is 11.8 Å². The molecule has 6 nitrogen and oxygen atoms in total. The zero-order valence-corrected chi connectivity index (χ0v) is 18.3. The average molecular weight is 438 g/mol. The highest BCUT2D eigenvalue weighted by molar-refractivity contribution is 6.46. The van der Waals surface area contributed by atoms with Gasteiger partial charge in [0, 0.05) is 30.7 Å². The molecule has 1 fully saturated rings. The zero-order valence-electron chi connectivity index (χ0n) is 17.6. The number of carbonyl (C=O) groups is 3. The molecular weight excluding hydrogens is 414 g/mol. The van der Waals surface area contributed by atoms with Crippen molar-refractivity contribution >= 4 is 46.3 Å². The van der Waals surface area contributed by atoms with Gasteiger partial charge in [-0.15, -0.1) is 0 Å². The summed E-state index contributed by atoms with van der Waals surface area (Å²) >= 11 is 6.28. The van der Waals surface area contributed by atoms with Crippen LogP contribution in [0.3, 0.4) is 0 Å². The van der Waals surface area contributed by atoms with Crippen molar-refractivity contribution in [3.05, 3.63) is 64.3 Å². The minimum atomic E-state index is -0.358. The van der Waals surface area contributed by atoms with Gasteiger partial charge in [-0.2, -0.15) is 0 Å². The molecule has 0 unspecified atom stereocenters. The molecule has 7 heteroatoms. The Kier molecular flexibility index (Phi) is 5.83. The minimum Gasteiger partial charge on any atom is -0.366 e. The minimum absolute atomic E-state index is 0.171. The molecule has 0 aromatic heterocycles. The summed E-state index contributed by atoms with van der Waals surface area (Å²) in [5.74, 6) is -0.850. The molecule has 2 aromatic rings. The molecule has 4 rings (SSSR count). The Bertz CT molecular complexity index is 1090. The number of hydrogen-bond donors (Lipinski definition) is 1. The van der Waals surface area contributed by atoms with E-state index in [9.17, 15) is 14.4 Å². The van der Waals surface area contributed by atoms with Crippen LogP contribution in [-0.2, 0) is 14.4 Å². The van der Waals surface area contributed by atoms with E-state index in [-0.39, 0.29) is 17.7 Å². The molecule has 0 aliphatic carbocycles. The van der Waals surface area contributed by atoms with Gasteiger partial charge in [-0.1, -0.05) is 29.8 Å². The summed E-state index contributed by atoms with van der Waals surface area (Å²) in [7, 11) is 0. The summed E-state index contributed by atoms with van der Waals surface area (Å²) in [5, 5.41) is 3.23. The highest BCUT2D eigenvalue weighted by Crippen LogP contribution is 2.38. The molecule has 0 atom stereocenters. The number of imide groups is 1. The van der Waals surface area contributed by atoms with Gasteiger partial charge in [0.15, 0.2) is 0 Å². The van der Waals surface area contributed by atoms with Crippen molar-refractivity contribution < 1.29 is 14.4 Å². The van der Waals surface area contributed by atoms with Crippen LogP contribution < -0.4 is 10.2 Å². The molecule has 2 aliphatic heterocycles. The van der Waals surface area contributed by atoms with Crippen molar-refractivity contribution in [3.8, 4) is 0 Å². The predicted molar refractivity (Wildman–Crippen MR) is 122 cm³/mol. The van der Waals surface area contributed by atoms with E-state index in [0.29, 0.717) is 38.8 Å². The van der Waals surface area contributed by atoms with Gasteiger partial charge in [-0.25, -0.2) is 4.90 Å². The van der Waals surface area contributed by atoms with E-state index in [2.05, 4.69) is 5.32 Å². The third-order valence-corrected chi connectivity index (χ3v) is 6.12. The maximum absolute atomic E-state index is 13.6. The number of halogens is 1. The fraction of sp³-hybridized carbons (Fsp3) is 0.292. The maximum atomic E-state index is 13.6. The van der Waals surface area contributed by atoms with Gasteiger partial charge in [-0.05, 0) is 61.6 Å². The Labute approximate surface area is 186 Å². The van der Waals surface area contributed by atoms with Gasteiger partial charge in [0.2, 0.25) is 5.91 Å². The normalized spacial score (nSPS) is 16.9. The second-order valence-corrected chi connectivity index (χ2v) is 8.27. The smallest absolute Gasteiger partial charge is 0.282 e. The Morgan fingerprint density at radius 1 is 0.968 bits per heavy atom. The van der Waals surface area contributed by atoms with Crippen molar-refractivity contribution in [2.75, 3.05) is 23.3 Å². The van der Waals surface area contributed by atoms with E-state index >= 15 is 0 Å². The molecule has 2 heterocycles. The van der Waals surface area contributed by atoms with Crippen LogP contribution in [0.5, 0.6) is 0 Å². The van der Waals surface area contributed by atoms with Crippen molar-refractivity contribution in [2.24, 2.45) is 0 Å². The fourth-order valence-corrected chi connectivity index (χ4v) is 4.34. The number of benzene rings is 2. The fourth-order valence-electron chi connectivity index (χ4n) is 4.17. The van der Waals surface area contributed by atoms with E-state index in [1.807, 2.05) is 4.90 Å². The summed E-state index contributed by atoms with van der Waals surface area (Å²) in [5.41, 5.74) is 3.30. The molecule has 1 N–H and O–H groups in total. The highest BCUT2D eigenvalue weighted by Gasteiger charge is 2.43. The predicted octanol–water partition coefficient (Wildman–Crippen LogP) is 4.38. The highest BCUT2D eigenvalue weighted by atomic mass is 35.5. The number of nitrogens with zero attached hydrogens (tertiary/aromatic N) is 2. The lowest BCUT2D eigenvalue weighted by Crippen LogP contribution is -2.37. The topological polar surface area (TPSA) is 69.7 Å². The quantitative estimate of drug-likeness (QED) is 0.721. The summed E-state index contributed by atoms with van der Waals surface area (Å²) in [6.45, 7) is 4.72. The Balaban J connectivity index is 1.80. The van der Waals surface area contributed by atoms with Crippen LogP contribution in [0.25, 0.3) is 5.57 Å². The van der Waals surface area contributed by atoms with E-state index in [1.54, 1.807) is 49.4 Å². The standard InChI is InChI=1S/C24H24ClN3O3/c1-15-19(25)7-6-8-20(15)28-23(30)21(17-9-11-18(12-10-17)26-16(2)29)22(24(28)31)27-13-4-3-5-14-27/h6-12H,3-5,13-14H2,1-2H3,(H,26,29). The maximum Gasteiger partial charge on any atom is 0.282 e. The summed E-state index contributed by atoms with van der Waals surface area (Å²) in [6.07, 6.45) is 3.08. The summed E-state index contributed by atoms with van der Waals surface area (Å²) < 4.78 is 0. The van der Waals surface area contributed by atoms with Crippen molar-refractivity contribution in [1.82, 2.24) is 4.90 Å². The molecule has 2 aromatic carbocycles. The number of hydrogen-bond acceptors (Lipinski definition) is 4. The molecule has 0 saturated carbocycles. The molecule has 160 valence electrons. The molecule has 2 aliphatic rings. The van der Waals surface area contributed by atoms with Gasteiger partial charge in [0.1, 0.15) is 5.70 Å². The number of likely N-dealkylation sites (tertiary alicyclic amines) is 1. The molecular formula is C24H24ClN3O3. The van der Waals surface area contributed by atoms with Gasteiger partial charge in [-0.3, -0.25) is 14.4 Å². The lowest BCUT2D eigenvalue weighted by Gasteiger charge is -2.29. The van der Waals surface area contributed by atoms with Crippen LogP contribution in [-0.4, -0.2) is 35.7 Å². The van der Waals surface area contributed by atoms with Crippen LogP contribution in [0.1, 0.15) is 37.3 Å². The van der Waals surface area contributed by atoms with Gasteiger partial charge in [0.05, 0.1) is 11.3 Å². The summed E-state index contributed by atoms with van der Waals surface area (Å²) in [4.78, 5) is 41.8. The monoisotopic (exact) mass is 437 g/mol. The molecule has 0 bridgehead atoms. The first-order valence-electron chi connectivity index (χ1n) is 10.4. The number of carbonyl (C=O) groups excluding carboxylic acids is 3. The summed E-state index contributed by atoms with van der Waals surface area (Å²) in [6, 6.07) is 12.2. The third-order valence-electron chi connectivity index (χ3n) is 5.71. The van der Waals surface area contributed by atoms with Crippen LogP contribution in [0, 0.1) is 6.92 Å². The number of anilines is 2. The van der Waals surface area contributed by atoms with Crippen LogP contribution in [0.2, 0.25) is 5.02 Å². The van der Waals surface area contributed by atoms with Crippen LogP contribution >= 0.6 is 11.6 Å². The SMILES string of the molecule is CC(=O)Nc1ccc(C2=C(N3CCCCC3)C(=O)N(c3cccc(Cl)c3C)C2=O)cc1. The molecule has 3 amide bonds. The molecule has 0 spiro atoms. The Hall–Kier alpha value is -3.12. The zero-order chi connectivity index (χ0) is 22.1. The molecule has 31 heavy (non-hydrogen) atoms.